The Labute approximate surface area is 112 Å². The molecule has 0 bridgehead atoms. The lowest BCUT2D eigenvalue weighted by Gasteiger charge is -2.06. The molecule has 5 heteroatoms. The number of hydrogen-bond acceptors (Lipinski definition) is 3. The van der Waals surface area contributed by atoms with Crippen molar-refractivity contribution in [3.8, 4) is 5.75 Å². The number of benzene rings is 2. The quantitative estimate of drug-likeness (QED) is 0.837. The average molecular weight is 262 g/mol. The molecule has 0 heterocycles. The summed E-state index contributed by atoms with van der Waals surface area (Å²) >= 11 is 0. The summed E-state index contributed by atoms with van der Waals surface area (Å²) in [7, 11) is 1.54. The third-order valence-electron chi connectivity index (χ3n) is 2.35. The Morgan fingerprint density at radius 1 is 1.06 bits per heavy atom. The second kappa shape index (κ2) is 6.48. The van der Waals surface area contributed by atoms with E-state index in [2.05, 4.69) is 10.3 Å². The van der Waals surface area contributed by atoms with Gasteiger partial charge in [0, 0.05) is 23.5 Å². The van der Waals surface area contributed by atoms with Gasteiger partial charge in [0.25, 0.3) is 0 Å². The van der Waals surface area contributed by atoms with E-state index in [1.54, 1.807) is 12.1 Å². The van der Waals surface area contributed by atoms with Crippen molar-refractivity contribution in [2.75, 3.05) is 12.4 Å². The Kier molecular flexibility index (Phi) is 4.97. The van der Waals surface area contributed by atoms with Crippen LogP contribution in [0.2, 0.25) is 0 Å². The van der Waals surface area contributed by atoms with E-state index in [0.717, 1.165) is 11.4 Å². The first-order valence-corrected chi connectivity index (χ1v) is 5.18. The van der Waals surface area contributed by atoms with Crippen LogP contribution < -0.4 is 22.5 Å². The van der Waals surface area contributed by atoms with Crippen molar-refractivity contribution in [3.05, 3.63) is 53.5 Å². The van der Waals surface area contributed by atoms with E-state index in [1.165, 1.54) is 7.11 Å². The van der Waals surface area contributed by atoms with Gasteiger partial charge in [-0.25, -0.2) is 0 Å². The Morgan fingerprint density at radius 2 is 1.78 bits per heavy atom. The Hall–Kier alpha value is -2.25. The van der Waals surface area contributed by atoms with Gasteiger partial charge >= 0.3 is 5.69 Å². The lowest BCUT2D eigenvalue weighted by Crippen LogP contribution is -3.00. The van der Waals surface area contributed by atoms with Crippen molar-refractivity contribution >= 4 is 17.1 Å². The van der Waals surface area contributed by atoms with E-state index in [1.807, 2.05) is 36.4 Å². The van der Waals surface area contributed by atoms with Gasteiger partial charge in [-0.3, -0.25) is 0 Å². The highest BCUT2D eigenvalue weighted by molar-refractivity contribution is 5.68. The number of nitrogens with zero attached hydrogens (tertiary/aromatic N) is 2. The van der Waals surface area contributed by atoms with Crippen LogP contribution in [0.5, 0.6) is 5.75 Å². The summed E-state index contributed by atoms with van der Waals surface area (Å²) in [5.74, 6) is 0.522. The summed E-state index contributed by atoms with van der Waals surface area (Å²) in [5, 5.41) is 12.0. The number of rotatable bonds is 3. The van der Waals surface area contributed by atoms with Crippen LogP contribution in [0.4, 0.5) is 17.1 Å². The first kappa shape index (κ1) is 13.8. The molecule has 0 aliphatic heterocycles. The molecule has 0 amide bonds. The van der Waals surface area contributed by atoms with Crippen LogP contribution in [0.15, 0.2) is 48.5 Å². The molecule has 1 N–H and O–H groups in total. The molecule has 0 unspecified atom stereocenters. The Morgan fingerprint density at radius 3 is 2.39 bits per heavy atom. The van der Waals surface area contributed by atoms with Crippen LogP contribution in [0.25, 0.3) is 4.98 Å². The lowest BCUT2D eigenvalue weighted by atomic mass is 10.2. The van der Waals surface area contributed by atoms with Gasteiger partial charge in [-0.2, -0.15) is 0 Å². The minimum atomic E-state index is 0. The molecule has 2 aromatic rings. The van der Waals surface area contributed by atoms with Crippen LogP contribution in [-0.4, -0.2) is 7.11 Å². The molecule has 0 atom stereocenters. The van der Waals surface area contributed by atoms with Crippen molar-refractivity contribution in [2.45, 2.75) is 0 Å². The van der Waals surface area contributed by atoms with Gasteiger partial charge in [0.15, 0.2) is 4.98 Å². The number of diazo groups is 1. The van der Waals surface area contributed by atoms with Crippen molar-refractivity contribution < 1.29 is 17.1 Å². The maximum absolute atomic E-state index is 8.75. The molecule has 4 nitrogen and oxygen atoms in total. The maximum atomic E-state index is 8.75. The molecule has 18 heavy (non-hydrogen) atoms. The second-order valence-electron chi connectivity index (χ2n) is 3.48. The fraction of sp³-hybridized carbons (Fsp3) is 0.0769. The SMILES string of the molecule is COc1cc(Nc2ccccc2)ccc1[N+]#N.[Cl-]. The summed E-state index contributed by atoms with van der Waals surface area (Å²) < 4.78 is 5.12. The van der Waals surface area contributed by atoms with Crippen LogP contribution in [-0.2, 0) is 0 Å². The summed E-state index contributed by atoms with van der Waals surface area (Å²) in [4.78, 5) is 3.14. The van der Waals surface area contributed by atoms with Gasteiger partial charge in [0.2, 0.25) is 11.1 Å². The molecule has 0 radical (unpaired) electrons. The lowest BCUT2D eigenvalue weighted by molar-refractivity contribution is -0.00000391. The molecule has 0 aliphatic carbocycles. The summed E-state index contributed by atoms with van der Waals surface area (Å²) in [6, 6.07) is 15.1. The number of nitrogens with one attached hydrogen (secondary N) is 1. The summed E-state index contributed by atoms with van der Waals surface area (Å²) in [5.41, 5.74) is 2.27. The minimum absolute atomic E-state index is 0. The van der Waals surface area contributed by atoms with E-state index in [-0.39, 0.29) is 12.4 Å². The molecule has 0 aromatic heterocycles. The largest absolute Gasteiger partial charge is 1.00 e. The van der Waals surface area contributed by atoms with Crippen molar-refractivity contribution in [3.63, 3.8) is 0 Å². The smallest absolute Gasteiger partial charge is 0.426 e. The number of hydrogen-bond donors (Lipinski definition) is 1. The molecule has 0 saturated heterocycles. The molecular weight excluding hydrogens is 250 g/mol. The molecule has 0 spiro atoms. The van der Waals surface area contributed by atoms with E-state index < -0.39 is 0 Å². The Bertz CT molecular complexity index is 552. The van der Waals surface area contributed by atoms with Gasteiger partial charge in [-0.05, 0) is 18.2 Å². The highest BCUT2D eigenvalue weighted by Gasteiger charge is 2.14. The molecular formula is C13H12ClN3O. The first-order valence-electron chi connectivity index (χ1n) is 5.18. The zero-order valence-electron chi connectivity index (χ0n) is 9.80. The predicted octanol–water partition coefficient (Wildman–Crippen LogP) is 0.927. The van der Waals surface area contributed by atoms with E-state index in [0.29, 0.717) is 11.4 Å². The summed E-state index contributed by atoms with van der Waals surface area (Å²) in [6.07, 6.45) is 0. The highest BCUT2D eigenvalue weighted by atomic mass is 35.5. The summed E-state index contributed by atoms with van der Waals surface area (Å²) in [6.45, 7) is 0. The fourth-order valence-electron chi connectivity index (χ4n) is 1.53. The molecule has 0 aliphatic rings. The van der Waals surface area contributed by atoms with Crippen LogP contribution in [0.3, 0.4) is 0 Å². The fourth-order valence-corrected chi connectivity index (χ4v) is 1.53. The molecule has 92 valence electrons. The van der Waals surface area contributed by atoms with Gasteiger partial charge in [0.1, 0.15) is 0 Å². The maximum Gasteiger partial charge on any atom is 0.426 e. The van der Waals surface area contributed by atoms with Crippen molar-refractivity contribution in [1.29, 1.82) is 5.39 Å². The number of para-hydroxylation sites is 1. The number of halogens is 1. The first-order chi connectivity index (χ1) is 8.33. The standard InChI is InChI=1S/C13H12N3O.ClH/c1-17-13-9-11(7-8-12(13)16-14)15-10-5-3-2-4-6-10;/h2-9,15H,1H3;1H/q+1;/p-1. The topological polar surface area (TPSA) is 49.4 Å². The third-order valence-corrected chi connectivity index (χ3v) is 2.35. The highest BCUT2D eigenvalue weighted by Crippen LogP contribution is 2.31. The molecule has 0 fully saturated rings. The second-order valence-corrected chi connectivity index (χ2v) is 3.48. The molecule has 2 rings (SSSR count). The molecule has 0 saturated carbocycles. The third kappa shape index (κ3) is 3.12. The van der Waals surface area contributed by atoms with Crippen molar-refractivity contribution in [2.24, 2.45) is 0 Å². The van der Waals surface area contributed by atoms with Gasteiger partial charge in [-0.15, -0.1) is 0 Å². The van der Waals surface area contributed by atoms with Gasteiger partial charge in [-0.1, -0.05) is 18.2 Å². The van der Waals surface area contributed by atoms with E-state index >= 15 is 0 Å². The van der Waals surface area contributed by atoms with Crippen LogP contribution in [0, 0.1) is 5.39 Å². The normalized spacial score (nSPS) is 8.89. The van der Waals surface area contributed by atoms with Crippen LogP contribution in [0.1, 0.15) is 0 Å². The van der Waals surface area contributed by atoms with Gasteiger partial charge in [0.05, 0.1) is 7.11 Å². The minimum Gasteiger partial charge on any atom is -1.00 e. The van der Waals surface area contributed by atoms with Crippen molar-refractivity contribution in [1.82, 2.24) is 0 Å². The monoisotopic (exact) mass is 261 g/mol. The zero-order chi connectivity index (χ0) is 12.1. The Balaban J connectivity index is 0.00000162. The zero-order valence-corrected chi connectivity index (χ0v) is 10.6. The number of methoxy groups -OCH3 is 1. The number of anilines is 2. The molecule has 2 aromatic carbocycles. The van der Waals surface area contributed by atoms with Gasteiger partial charge < -0.3 is 22.5 Å². The average Bonchev–Trinajstić information content (AvgIpc) is 2.40. The predicted molar refractivity (Wildman–Crippen MR) is 67.5 cm³/mol. The van der Waals surface area contributed by atoms with Crippen LogP contribution >= 0.6 is 0 Å². The van der Waals surface area contributed by atoms with E-state index in [9.17, 15) is 0 Å². The number of ether oxygens (including phenoxy) is 1. The van der Waals surface area contributed by atoms with E-state index in [4.69, 9.17) is 10.1 Å².